The van der Waals surface area contributed by atoms with Gasteiger partial charge < -0.3 is 10.3 Å². The zero-order valence-electron chi connectivity index (χ0n) is 16.6. The van der Waals surface area contributed by atoms with E-state index in [9.17, 15) is 14.4 Å². The Hall–Kier alpha value is -2.83. The van der Waals surface area contributed by atoms with Crippen molar-refractivity contribution >= 4 is 28.6 Å². The van der Waals surface area contributed by atoms with Crippen molar-refractivity contribution in [3.8, 4) is 0 Å². The summed E-state index contributed by atoms with van der Waals surface area (Å²) in [5.41, 5.74) is 5.25. The molecule has 3 amide bonds. The van der Waals surface area contributed by atoms with Crippen molar-refractivity contribution < 1.29 is 14.4 Å². The second-order valence-corrected chi connectivity index (χ2v) is 8.62. The summed E-state index contributed by atoms with van der Waals surface area (Å²) in [6.45, 7) is 5.73. The van der Waals surface area contributed by atoms with Crippen molar-refractivity contribution in [2.75, 3.05) is 0 Å². The molecule has 0 aliphatic heterocycles. The number of carbonyl (C=O) groups excluding carboxylic acids is 3. The van der Waals surface area contributed by atoms with Crippen LogP contribution in [-0.2, 0) is 9.59 Å². The van der Waals surface area contributed by atoms with Crippen molar-refractivity contribution in [2.45, 2.75) is 58.4 Å². The number of rotatable bonds is 4. The number of para-hydroxylation sites is 1. The third-order valence-electron chi connectivity index (χ3n) is 5.18. The Labute approximate surface area is 164 Å². The molecule has 3 rings (SSSR count). The van der Waals surface area contributed by atoms with Crippen LogP contribution in [0.3, 0.4) is 0 Å². The normalized spacial score (nSPS) is 16.0. The number of fused-ring (bicyclic) bond motifs is 1. The van der Waals surface area contributed by atoms with Crippen LogP contribution in [-0.4, -0.2) is 28.2 Å². The number of hydrazine groups is 1. The SMILES string of the molecule is CC(C)(C)NC(=O)CC1(C(=O)NNC(=O)c2c[nH]c3ccccc23)CCCC1. The summed E-state index contributed by atoms with van der Waals surface area (Å²) < 4.78 is 0. The van der Waals surface area contributed by atoms with Crippen LogP contribution in [0.5, 0.6) is 0 Å². The summed E-state index contributed by atoms with van der Waals surface area (Å²) in [4.78, 5) is 40.9. The molecule has 0 bridgehead atoms. The largest absolute Gasteiger partial charge is 0.360 e. The highest BCUT2D eigenvalue weighted by atomic mass is 16.2. The van der Waals surface area contributed by atoms with Gasteiger partial charge in [0.2, 0.25) is 11.8 Å². The number of aromatic nitrogens is 1. The maximum absolute atomic E-state index is 12.9. The highest BCUT2D eigenvalue weighted by Crippen LogP contribution is 2.41. The van der Waals surface area contributed by atoms with Crippen molar-refractivity contribution in [1.82, 2.24) is 21.2 Å². The van der Waals surface area contributed by atoms with Crippen LogP contribution in [0.4, 0.5) is 0 Å². The Morgan fingerprint density at radius 3 is 2.43 bits per heavy atom. The van der Waals surface area contributed by atoms with E-state index in [1.165, 1.54) is 0 Å². The maximum atomic E-state index is 12.9. The lowest BCUT2D eigenvalue weighted by Crippen LogP contribution is -2.51. The third kappa shape index (κ3) is 4.35. The molecule has 4 N–H and O–H groups in total. The molecule has 1 aromatic carbocycles. The van der Waals surface area contributed by atoms with Crippen molar-refractivity contribution in [3.05, 3.63) is 36.0 Å². The zero-order chi connectivity index (χ0) is 20.4. The van der Waals surface area contributed by atoms with Gasteiger partial charge in [-0.25, -0.2) is 0 Å². The molecule has 1 aromatic heterocycles. The average Bonchev–Trinajstić information content (AvgIpc) is 3.25. The Bertz CT molecular complexity index is 888. The highest BCUT2D eigenvalue weighted by molar-refractivity contribution is 6.07. The zero-order valence-corrected chi connectivity index (χ0v) is 16.6. The molecule has 0 radical (unpaired) electrons. The second-order valence-electron chi connectivity index (χ2n) is 8.62. The van der Waals surface area contributed by atoms with Gasteiger partial charge >= 0.3 is 0 Å². The minimum atomic E-state index is -0.775. The van der Waals surface area contributed by atoms with E-state index >= 15 is 0 Å². The van der Waals surface area contributed by atoms with Gasteiger partial charge in [0.15, 0.2) is 0 Å². The number of nitrogens with one attached hydrogen (secondary N) is 4. The molecule has 28 heavy (non-hydrogen) atoms. The molecule has 0 atom stereocenters. The highest BCUT2D eigenvalue weighted by Gasteiger charge is 2.43. The Morgan fingerprint density at radius 2 is 1.75 bits per heavy atom. The first-order chi connectivity index (χ1) is 13.2. The summed E-state index contributed by atoms with van der Waals surface area (Å²) in [6.07, 6.45) is 4.81. The number of aromatic amines is 1. The van der Waals surface area contributed by atoms with E-state index in [-0.39, 0.29) is 23.8 Å². The first-order valence-electron chi connectivity index (χ1n) is 9.68. The van der Waals surface area contributed by atoms with E-state index in [0.29, 0.717) is 18.4 Å². The molecule has 7 nitrogen and oxygen atoms in total. The van der Waals surface area contributed by atoms with Crippen LogP contribution in [0.2, 0.25) is 0 Å². The third-order valence-corrected chi connectivity index (χ3v) is 5.18. The molecule has 2 aromatic rings. The minimum Gasteiger partial charge on any atom is -0.360 e. The predicted octanol–water partition coefficient (Wildman–Crippen LogP) is 2.79. The smallest absolute Gasteiger partial charge is 0.271 e. The first kappa shape index (κ1) is 19.9. The van der Waals surface area contributed by atoms with E-state index < -0.39 is 11.3 Å². The van der Waals surface area contributed by atoms with Gasteiger partial charge in [0.05, 0.1) is 11.0 Å². The van der Waals surface area contributed by atoms with E-state index in [2.05, 4.69) is 21.2 Å². The van der Waals surface area contributed by atoms with E-state index in [4.69, 9.17) is 0 Å². The standard InChI is InChI=1S/C21H28N4O3/c1-20(2,3)23-17(26)12-21(10-6-7-11-21)19(28)25-24-18(27)15-13-22-16-9-5-4-8-14(15)16/h4-5,8-9,13,22H,6-7,10-12H2,1-3H3,(H,23,26)(H,24,27)(H,25,28). The molecule has 1 aliphatic carbocycles. The van der Waals surface area contributed by atoms with Crippen LogP contribution < -0.4 is 16.2 Å². The number of carbonyl (C=O) groups is 3. The van der Waals surface area contributed by atoms with Crippen LogP contribution in [0.1, 0.15) is 63.2 Å². The molecule has 150 valence electrons. The van der Waals surface area contributed by atoms with Crippen molar-refractivity contribution in [2.24, 2.45) is 5.41 Å². The lowest BCUT2D eigenvalue weighted by atomic mass is 9.81. The van der Waals surface area contributed by atoms with Gasteiger partial charge in [0.25, 0.3) is 5.91 Å². The molecular weight excluding hydrogens is 356 g/mol. The minimum absolute atomic E-state index is 0.124. The number of benzene rings is 1. The maximum Gasteiger partial charge on any atom is 0.271 e. The molecule has 1 fully saturated rings. The van der Waals surface area contributed by atoms with E-state index in [1.54, 1.807) is 6.20 Å². The fraction of sp³-hybridized carbons (Fsp3) is 0.476. The molecule has 0 spiro atoms. The molecule has 1 aliphatic rings. The fourth-order valence-electron chi connectivity index (χ4n) is 3.88. The number of hydrogen-bond donors (Lipinski definition) is 4. The van der Waals surface area contributed by atoms with Gasteiger partial charge in [-0.15, -0.1) is 0 Å². The molecule has 0 saturated heterocycles. The summed E-state index contributed by atoms with van der Waals surface area (Å²) in [6, 6.07) is 7.46. The molecule has 1 heterocycles. The molecule has 1 saturated carbocycles. The second kappa shape index (κ2) is 7.66. The fourth-order valence-corrected chi connectivity index (χ4v) is 3.88. The van der Waals surface area contributed by atoms with Crippen LogP contribution in [0, 0.1) is 5.41 Å². The summed E-state index contributed by atoms with van der Waals surface area (Å²) in [7, 11) is 0. The predicted molar refractivity (Wildman–Crippen MR) is 107 cm³/mol. The Morgan fingerprint density at radius 1 is 1.07 bits per heavy atom. The van der Waals surface area contributed by atoms with Gasteiger partial charge in [0, 0.05) is 29.1 Å². The lowest BCUT2D eigenvalue weighted by Gasteiger charge is -2.29. The quantitative estimate of drug-likeness (QED) is 0.610. The monoisotopic (exact) mass is 384 g/mol. The molecular formula is C21H28N4O3. The number of hydrogen-bond acceptors (Lipinski definition) is 3. The number of H-pyrrole nitrogens is 1. The molecule has 0 unspecified atom stereocenters. The van der Waals surface area contributed by atoms with Gasteiger partial charge in [-0.3, -0.25) is 25.2 Å². The summed E-state index contributed by atoms with van der Waals surface area (Å²) in [5, 5.41) is 3.71. The van der Waals surface area contributed by atoms with Gasteiger partial charge in [0.1, 0.15) is 0 Å². The van der Waals surface area contributed by atoms with Crippen molar-refractivity contribution in [3.63, 3.8) is 0 Å². The van der Waals surface area contributed by atoms with Gasteiger partial charge in [-0.2, -0.15) is 0 Å². The van der Waals surface area contributed by atoms with Gasteiger partial charge in [-0.05, 0) is 39.7 Å². The van der Waals surface area contributed by atoms with Crippen LogP contribution in [0.25, 0.3) is 10.9 Å². The van der Waals surface area contributed by atoms with Crippen LogP contribution in [0.15, 0.2) is 30.5 Å². The summed E-state index contributed by atoms with van der Waals surface area (Å²) >= 11 is 0. The van der Waals surface area contributed by atoms with Gasteiger partial charge in [-0.1, -0.05) is 31.0 Å². The van der Waals surface area contributed by atoms with Crippen LogP contribution >= 0.6 is 0 Å². The van der Waals surface area contributed by atoms with E-state index in [1.807, 2.05) is 45.0 Å². The van der Waals surface area contributed by atoms with E-state index in [0.717, 1.165) is 23.7 Å². The lowest BCUT2D eigenvalue weighted by molar-refractivity contribution is -0.137. The summed E-state index contributed by atoms with van der Waals surface area (Å²) in [5.74, 6) is -0.840. The first-order valence-corrected chi connectivity index (χ1v) is 9.68. The molecule has 7 heteroatoms. The van der Waals surface area contributed by atoms with Crippen molar-refractivity contribution in [1.29, 1.82) is 0 Å². The number of amides is 3. The Balaban J connectivity index is 1.66. The topological polar surface area (TPSA) is 103 Å². The Kier molecular flexibility index (Phi) is 5.45. The average molecular weight is 384 g/mol.